The maximum atomic E-state index is 12.4. The lowest BCUT2D eigenvalue weighted by atomic mass is 9.77. The van der Waals surface area contributed by atoms with Crippen LogP contribution in [-0.4, -0.2) is 23.3 Å². The predicted octanol–water partition coefficient (Wildman–Crippen LogP) is 4.01. The lowest BCUT2D eigenvalue weighted by Gasteiger charge is -2.49. The zero-order chi connectivity index (χ0) is 20.8. The van der Waals surface area contributed by atoms with Gasteiger partial charge >= 0.3 is 12.0 Å². The number of fused-ring (bicyclic) bond motifs is 1. The summed E-state index contributed by atoms with van der Waals surface area (Å²) < 4.78 is 11.7. The van der Waals surface area contributed by atoms with Gasteiger partial charge in [0.25, 0.3) is 0 Å². The number of nitrogens with one attached hydrogen (secondary N) is 2. The van der Waals surface area contributed by atoms with Crippen molar-refractivity contribution in [3.8, 4) is 11.5 Å². The Hall–Kier alpha value is -3.02. The molecule has 29 heavy (non-hydrogen) atoms. The van der Waals surface area contributed by atoms with E-state index in [0.29, 0.717) is 24.3 Å². The summed E-state index contributed by atoms with van der Waals surface area (Å²) in [4.78, 5) is 23.8. The van der Waals surface area contributed by atoms with Crippen molar-refractivity contribution in [1.82, 2.24) is 10.6 Å². The van der Waals surface area contributed by atoms with E-state index in [1.54, 1.807) is 12.1 Å². The lowest BCUT2D eigenvalue weighted by Crippen LogP contribution is -2.69. The summed E-state index contributed by atoms with van der Waals surface area (Å²) >= 11 is 0. The van der Waals surface area contributed by atoms with Crippen molar-refractivity contribution in [2.24, 2.45) is 0 Å². The number of hydrogen-bond acceptors (Lipinski definition) is 4. The molecule has 2 aromatic carbocycles. The zero-order valence-corrected chi connectivity index (χ0v) is 17.2. The maximum Gasteiger partial charge on any atom is 0.318 e. The van der Waals surface area contributed by atoms with E-state index in [1.165, 1.54) is 12.5 Å². The number of carbonyl (C=O) groups is 2. The van der Waals surface area contributed by atoms with Crippen LogP contribution < -0.4 is 20.1 Å². The Morgan fingerprint density at radius 1 is 1.14 bits per heavy atom. The average Bonchev–Trinajstić information content (AvgIpc) is 2.59. The fourth-order valence-corrected chi connectivity index (χ4v) is 4.44. The molecule has 1 fully saturated rings. The van der Waals surface area contributed by atoms with E-state index in [-0.39, 0.29) is 17.9 Å². The Balaban J connectivity index is 1.80. The van der Waals surface area contributed by atoms with Crippen molar-refractivity contribution >= 4 is 12.0 Å². The first-order chi connectivity index (χ1) is 13.6. The number of ether oxygens (including phenoxy) is 2. The van der Waals surface area contributed by atoms with E-state index < -0.39 is 11.3 Å². The summed E-state index contributed by atoms with van der Waals surface area (Å²) in [7, 11) is 0. The van der Waals surface area contributed by atoms with E-state index in [4.69, 9.17) is 9.47 Å². The Morgan fingerprint density at radius 3 is 2.52 bits per heavy atom. The van der Waals surface area contributed by atoms with E-state index in [0.717, 1.165) is 11.1 Å². The second-order valence-corrected chi connectivity index (χ2v) is 8.70. The second kappa shape index (κ2) is 6.79. The highest BCUT2D eigenvalue weighted by molar-refractivity contribution is 5.77. The molecule has 4 rings (SSSR count). The standard InChI is InChI=1S/C23H26N2O4/c1-14-5-7-16(8-6-14)19-12-23(13-22(3,4)24-21(27)25-23)29-20-11-17(28-15(2)26)9-10-18(19)20/h5-11,19H,12-13H2,1-4H3,(H2,24,25,27). The summed E-state index contributed by atoms with van der Waals surface area (Å²) in [6, 6.07) is 13.6. The number of amides is 2. The molecule has 6 heteroatoms. The molecule has 0 aliphatic carbocycles. The fourth-order valence-electron chi connectivity index (χ4n) is 4.44. The van der Waals surface area contributed by atoms with E-state index in [9.17, 15) is 9.59 Å². The Bertz CT molecular complexity index is 967. The third-order valence-electron chi connectivity index (χ3n) is 5.46. The van der Waals surface area contributed by atoms with Gasteiger partial charge in [0.05, 0.1) is 0 Å². The quantitative estimate of drug-likeness (QED) is 0.596. The van der Waals surface area contributed by atoms with Gasteiger partial charge in [0.2, 0.25) is 0 Å². The molecule has 2 aliphatic rings. The molecule has 2 N–H and O–H groups in total. The van der Waals surface area contributed by atoms with Crippen molar-refractivity contribution < 1.29 is 19.1 Å². The SMILES string of the molecule is CC(=O)Oc1ccc2c(c1)OC1(CC2c2ccc(C)cc2)CC(C)(C)NC(=O)N1. The lowest BCUT2D eigenvalue weighted by molar-refractivity contribution is -0.131. The first kappa shape index (κ1) is 19.3. The van der Waals surface area contributed by atoms with Crippen LogP contribution in [0.2, 0.25) is 0 Å². The molecular weight excluding hydrogens is 368 g/mol. The van der Waals surface area contributed by atoms with Gasteiger partial charge in [-0.05, 0) is 32.4 Å². The Labute approximate surface area is 170 Å². The minimum atomic E-state index is -0.844. The average molecular weight is 394 g/mol. The Kier molecular flexibility index (Phi) is 4.52. The highest BCUT2D eigenvalue weighted by Gasteiger charge is 2.49. The van der Waals surface area contributed by atoms with Crippen LogP contribution in [0.5, 0.6) is 11.5 Å². The topological polar surface area (TPSA) is 76.7 Å². The van der Waals surface area contributed by atoms with Crippen molar-refractivity contribution in [3.05, 3.63) is 59.2 Å². The molecule has 0 saturated carbocycles. The van der Waals surface area contributed by atoms with E-state index >= 15 is 0 Å². The highest BCUT2D eigenvalue weighted by atomic mass is 16.5. The second-order valence-electron chi connectivity index (χ2n) is 8.70. The third kappa shape index (κ3) is 3.92. The normalized spacial score (nSPS) is 24.7. The highest BCUT2D eigenvalue weighted by Crippen LogP contribution is 2.47. The molecule has 2 unspecified atom stereocenters. The minimum absolute atomic E-state index is 0.0416. The molecule has 152 valence electrons. The van der Waals surface area contributed by atoms with Crippen molar-refractivity contribution in [3.63, 3.8) is 0 Å². The number of benzene rings is 2. The number of carbonyl (C=O) groups excluding carboxylic acids is 2. The van der Waals surface area contributed by atoms with Crippen LogP contribution in [0.1, 0.15) is 56.2 Å². The summed E-state index contributed by atoms with van der Waals surface area (Å²) in [5.74, 6) is 0.704. The van der Waals surface area contributed by atoms with Crippen LogP contribution in [0.3, 0.4) is 0 Å². The van der Waals surface area contributed by atoms with Crippen LogP contribution >= 0.6 is 0 Å². The molecule has 2 aliphatic heterocycles. The fraction of sp³-hybridized carbons (Fsp3) is 0.391. The van der Waals surface area contributed by atoms with Gasteiger partial charge in [-0.1, -0.05) is 35.9 Å². The molecule has 2 heterocycles. The maximum absolute atomic E-state index is 12.4. The van der Waals surface area contributed by atoms with Gasteiger partial charge in [0.15, 0.2) is 5.72 Å². The zero-order valence-electron chi connectivity index (χ0n) is 17.2. The summed E-state index contributed by atoms with van der Waals surface area (Å²) in [5, 5.41) is 5.97. The molecule has 2 atom stereocenters. The summed E-state index contributed by atoms with van der Waals surface area (Å²) in [5.41, 5.74) is 2.11. The smallest absolute Gasteiger partial charge is 0.318 e. The van der Waals surface area contributed by atoms with Crippen molar-refractivity contribution in [2.45, 2.75) is 57.7 Å². The van der Waals surface area contributed by atoms with Gasteiger partial charge in [0.1, 0.15) is 11.5 Å². The largest absolute Gasteiger partial charge is 0.467 e. The van der Waals surface area contributed by atoms with Gasteiger partial charge in [-0.25, -0.2) is 4.79 Å². The number of esters is 1. The predicted molar refractivity (Wildman–Crippen MR) is 109 cm³/mol. The van der Waals surface area contributed by atoms with Crippen LogP contribution in [0.15, 0.2) is 42.5 Å². The minimum Gasteiger partial charge on any atom is -0.467 e. The molecule has 0 aromatic heterocycles. The first-order valence-electron chi connectivity index (χ1n) is 9.83. The van der Waals surface area contributed by atoms with Crippen LogP contribution in [0, 0.1) is 6.92 Å². The van der Waals surface area contributed by atoms with E-state index in [1.807, 2.05) is 19.9 Å². The number of urea groups is 1. The van der Waals surface area contributed by atoms with Gasteiger partial charge < -0.3 is 20.1 Å². The summed E-state index contributed by atoms with van der Waals surface area (Å²) in [6.07, 6.45) is 1.22. The molecule has 1 spiro atoms. The van der Waals surface area contributed by atoms with Crippen molar-refractivity contribution in [2.75, 3.05) is 0 Å². The molecule has 0 radical (unpaired) electrons. The van der Waals surface area contributed by atoms with Gasteiger partial charge in [-0.2, -0.15) is 0 Å². The summed E-state index contributed by atoms with van der Waals surface area (Å²) in [6.45, 7) is 7.40. The number of hydrogen-bond donors (Lipinski definition) is 2. The molecule has 2 aromatic rings. The number of aryl methyl sites for hydroxylation is 1. The molecule has 0 bridgehead atoms. The third-order valence-corrected chi connectivity index (χ3v) is 5.46. The van der Waals surface area contributed by atoms with Crippen LogP contribution in [0.25, 0.3) is 0 Å². The van der Waals surface area contributed by atoms with Gasteiger partial charge in [0, 0.05) is 42.9 Å². The molecular formula is C23H26N2O4. The van der Waals surface area contributed by atoms with Gasteiger partial charge in [-0.3, -0.25) is 4.79 Å². The van der Waals surface area contributed by atoms with Gasteiger partial charge in [-0.15, -0.1) is 0 Å². The van der Waals surface area contributed by atoms with E-state index in [2.05, 4.69) is 41.8 Å². The number of rotatable bonds is 2. The molecule has 6 nitrogen and oxygen atoms in total. The molecule has 2 amide bonds. The first-order valence-corrected chi connectivity index (χ1v) is 9.83. The monoisotopic (exact) mass is 394 g/mol. The van der Waals surface area contributed by atoms with Crippen LogP contribution in [-0.2, 0) is 4.79 Å². The van der Waals surface area contributed by atoms with Crippen molar-refractivity contribution in [1.29, 1.82) is 0 Å². The van der Waals surface area contributed by atoms with Crippen LogP contribution in [0.4, 0.5) is 4.79 Å². The molecule has 1 saturated heterocycles. The Morgan fingerprint density at radius 2 is 1.86 bits per heavy atom.